The van der Waals surface area contributed by atoms with Gasteiger partial charge in [-0.25, -0.2) is 0 Å². The van der Waals surface area contributed by atoms with Gasteiger partial charge in [0.1, 0.15) is 0 Å². The van der Waals surface area contributed by atoms with Crippen molar-refractivity contribution in [3.8, 4) is 0 Å². The van der Waals surface area contributed by atoms with Crippen molar-refractivity contribution in [1.82, 2.24) is 15.3 Å². The van der Waals surface area contributed by atoms with Crippen LogP contribution in [0.2, 0.25) is 0 Å². The molecular weight excluding hydrogens is 174 g/mol. The maximum atomic E-state index is 4.38. The Hall–Kier alpha value is -1.48. The van der Waals surface area contributed by atoms with E-state index in [-0.39, 0.29) is 0 Å². The highest BCUT2D eigenvalue weighted by molar-refractivity contribution is 5.78. The van der Waals surface area contributed by atoms with Gasteiger partial charge in [-0.2, -0.15) is 0 Å². The molecule has 1 aliphatic heterocycles. The first kappa shape index (κ1) is 7.88. The normalized spacial score (nSPS) is 20.7. The number of hydrogen-bond donors (Lipinski definition) is 1. The van der Waals surface area contributed by atoms with Crippen molar-refractivity contribution < 1.29 is 0 Å². The molecule has 0 spiro atoms. The Morgan fingerprint density at radius 2 is 2.07 bits per heavy atom. The summed E-state index contributed by atoms with van der Waals surface area (Å²) in [6, 6.07) is 6.67. The zero-order valence-corrected chi connectivity index (χ0v) is 7.77. The maximum absolute atomic E-state index is 4.38. The van der Waals surface area contributed by atoms with Crippen molar-refractivity contribution in [3.63, 3.8) is 0 Å². The minimum atomic E-state index is 0.482. The Balaban J connectivity index is 2.22. The molecule has 0 unspecified atom stereocenters. The van der Waals surface area contributed by atoms with Gasteiger partial charge in [0.25, 0.3) is 0 Å². The first-order valence-electron chi connectivity index (χ1n) is 4.88. The number of para-hydroxylation sites is 1. The van der Waals surface area contributed by atoms with Crippen LogP contribution >= 0.6 is 0 Å². The maximum Gasteiger partial charge on any atom is 0.0934 e. The summed E-state index contributed by atoms with van der Waals surface area (Å²) in [7, 11) is 0. The fraction of sp³-hybridized carbons (Fsp3) is 0.273. The SMILES string of the molecule is c1cc([C@H]2CCN2)c2nccnc2c1. The van der Waals surface area contributed by atoms with Gasteiger partial charge in [0.05, 0.1) is 11.0 Å². The average Bonchev–Trinajstić information content (AvgIpc) is 2.16. The van der Waals surface area contributed by atoms with Crippen LogP contribution < -0.4 is 5.32 Å². The Labute approximate surface area is 82.2 Å². The highest BCUT2D eigenvalue weighted by Gasteiger charge is 2.20. The topological polar surface area (TPSA) is 37.8 Å². The second-order valence-electron chi connectivity index (χ2n) is 3.57. The number of benzene rings is 1. The third-order valence-corrected chi connectivity index (χ3v) is 2.73. The molecule has 1 atom stereocenters. The predicted molar refractivity (Wildman–Crippen MR) is 54.9 cm³/mol. The van der Waals surface area contributed by atoms with Crippen LogP contribution in [0.15, 0.2) is 30.6 Å². The van der Waals surface area contributed by atoms with E-state index in [1.165, 1.54) is 12.0 Å². The molecule has 0 saturated carbocycles. The molecule has 1 fully saturated rings. The molecule has 70 valence electrons. The third kappa shape index (κ3) is 1.09. The van der Waals surface area contributed by atoms with E-state index in [9.17, 15) is 0 Å². The number of hydrogen-bond acceptors (Lipinski definition) is 3. The van der Waals surface area contributed by atoms with Crippen LogP contribution in [-0.4, -0.2) is 16.5 Å². The summed E-state index contributed by atoms with van der Waals surface area (Å²) in [6.07, 6.45) is 4.69. The lowest BCUT2D eigenvalue weighted by Crippen LogP contribution is -2.35. The minimum Gasteiger partial charge on any atom is -0.310 e. The summed E-state index contributed by atoms with van der Waals surface area (Å²) < 4.78 is 0. The van der Waals surface area contributed by atoms with E-state index < -0.39 is 0 Å². The van der Waals surface area contributed by atoms with Gasteiger partial charge in [0, 0.05) is 18.4 Å². The average molecular weight is 185 g/mol. The molecule has 1 N–H and O–H groups in total. The number of nitrogens with zero attached hydrogens (tertiary/aromatic N) is 2. The first-order chi connectivity index (χ1) is 6.95. The second-order valence-corrected chi connectivity index (χ2v) is 3.57. The molecule has 0 amide bonds. The van der Waals surface area contributed by atoms with Gasteiger partial charge in [-0.1, -0.05) is 12.1 Å². The smallest absolute Gasteiger partial charge is 0.0934 e. The van der Waals surface area contributed by atoms with E-state index in [0.29, 0.717) is 6.04 Å². The Bertz CT molecular complexity index is 458. The van der Waals surface area contributed by atoms with Gasteiger partial charge in [-0.3, -0.25) is 9.97 Å². The number of aromatic nitrogens is 2. The summed E-state index contributed by atoms with van der Waals surface area (Å²) in [5.74, 6) is 0. The van der Waals surface area contributed by atoms with Crippen molar-refractivity contribution in [3.05, 3.63) is 36.2 Å². The molecule has 1 saturated heterocycles. The molecule has 0 bridgehead atoms. The largest absolute Gasteiger partial charge is 0.310 e. The number of nitrogens with one attached hydrogen (secondary N) is 1. The van der Waals surface area contributed by atoms with Crippen molar-refractivity contribution in [2.45, 2.75) is 12.5 Å². The van der Waals surface area contributed by atoms with Crippen LogP contribution in [0, 0.1) is 0 Å². The van der Waals surface area contributed by atoms with Gasteiger partial charge >= 0.3 is 0 Å². The van der Waals surface area contributed by atoms with E-state index in [2.05, 4.69) is 21.4 Å². The van der Waals surface area contributed by atoms with E-state index in [0.717, 1.165) is 17.6 Å². The molecule has 2 heterocycles. The lowest BCUT2D eigenvalue weighted by atomic mass is 9.97. The standard InChI is InChI=1S/C11H11N3/c1-2-8(9-4-5-12-9)11-10(3-1)13-6-7-14-11/h1-3,6-7,9,12H,4-5H2/t9-/m1/s1. The van der Waals surface area contributed by atoms with Crippen molar-refractivity contribution >= 4 is 11.0 Å². The summed E-state index contributed by atoms with van der Waals surface area (Å²) >= 11 is 0. The zero-order valence-electron chi connectivity index (χ0n) is 7.77. The van der Waals surface area contributed by atoms with E-state index in [1.54, 1.807) is 12.4 Å². The molecular formula is C11H11N3. The van der Waals surface area contributed by atoms with Gasteiger partial charge in [0.2, 0.25) is 0 Å². The lowest BCUT2D eigenvalue weighted by Gasteiger charge is -2.28. The fourth-order valence-electron chi connectivity index (χ4n) is 1.85. The Kier molecular flexibility index (Phi) is 1.70. The highest BCUT2D eigenvalue weighted by atomic mass is 15.0. The molecule has 3 nitrogen and oxygen atoms in total. The number of fused-ring (bicyclic) bond motifs is 1. The van der Waals surface area contributed by atoms with Crippen LogP contribution in [0.4, 0.5) is 0 Å². The molecule has 3 rings (SSSR count). The summed E-state index contributed by atoms with van der Waals surface area (Å²) in [4.78, 5) is 8.67. The van der Waals surface area contributed by atoms with Crippen LogP contribution in [0.1, 0.15) is 18.0 Å². The quantitative estimate of drug-likeness (QED) is 0.734. The third-order valence-electron chi connectivity index (χ3n) is 2.73. The van der Waals surface area contributed by atoms with Gasteiger partial charge < -0.3 is 5.32 Å². The van der Waals surface area contributed by atoms with Crippen LogP contribution in [0.25, 0.3) is 11.0 Å². The lowest BCUT2D eigenvalue weighted by molar-refractivity contribution is 0.385. The molecule has 0 aliphatic carbocycles. The van der Waals surface area contributed by atoms with Crippen LogP contribution in [0.5, 0.6) is 0 Å². The first-order valence-corrected chi connectivity index (χ1v) is 4.88. The second kappa shape index (κ2) is 3.03. The monoisotopic (exact) mass is 185 g/mol. The summed E-state index contributed by atoms with van der Waals surface area (Å²) in [5, 5.41) is 3.39. The molecule has 3 heteroatoms. The Morgan fingerprint density at radius 3 is 2.86 bits per heavy atom. The van der Waals surface area contributed by atoms with Gasteiger partial charge in [-0.05, 0) is 24.6 Å². The summed E-state index contributed by atoms with van der Waals surface area (Å²) in [6.45, 7) is 1.11. The van der Waals surface area contributed by atoms with E-state index in [1.807, 2.05) is 12.1 Å². The highest BCUT2D eigenvalue weighted by Crippen LogP contribution is 2.27. The van der Waals surface area contributed by atoms with Crippen molar-refractivity contribution in [1.29, 1.82) is 0 Å². The van der Waals surface area contributed by atoms with Crippen LogP contribution in [-0.2, 0) is 0 Å². The van der Waals surface area contributed by atoms with Crippen molar-refractivity contribution in [2.24, 2.45) is 0 Å². The molecule has 1 aromatic heterocycles. The van der Waals surface area contributed by atoms with Gasteiger partial charge in [0.15, 0.2) is 0 Å². The molecule has 0 radical (unpaired) electrons. The number of rotatable bonds is 1. The fourth-order valence-corrected chi connectivity index (χ4v) is 1.85. The summed E-state index contributed by atoms with van der Waals surface area (Å²) in [5.41, 5.74) is 3.30. The molecule has 14 heavy (non-hydrogen) atoms. The zero-order chi connectivity index (χ0) is 9.38. The van der Waals surface area contributed by atoms with E-state index >= 15 is 0 Å². The predicted octanol–water partition coefficient (Wildman–Crippen LogP) is 1.66. The van der Waals surface area contributed by atoms with Gasteiger partial charge in [-0.15, -0.1) is 0 Å². The van der Waals surface area contributed by atoms with E-state index in [4.69, 9.17) is 0 Å². The Morgan fingerprint density at radius 1 is 1.21 bits per heavy atom. The molecule has 2 aromatic rings. The molecule has 1 aliphatic rings. The van der Waals surface area contributed by atoms with Crippen molar-refractivity contribution in [2.75, 3.05) is 6.54 Å². The molecule has 1 aromatic carbocycles. The minimum absolute atomic E-state index is 0.482. The van der Waals surface area contributed by atoms with Crippen LogP contribution in [0.3, 0.4) is 0 Å².